The fourth-order valence-corrected chi connectivity index (χ4v) is 3.26. The van der Waals surface area contributed by atoms with Gasteiger partial charge in [-0.1, -0.05) is 48.5 Å². The molecule has 2 aromatic rings. The average Bonchev–Trinajstić information content (AvgIpc) is 2.83. The van der Waals surface area contributed by atoms with E-state index in [0.29, 0.717) is 6.54 Å². The van der Waals surface area contributed by atoms with Crippen LogP contribution in [0.3, 0.4) is 0 Å². The molecule has 0 atom stereocenters. The molecule has 0 N–H and O–H groups in total. The predicted molar refractivity (Wildman–Crippen MR) is 99.6 cm³/mol. The number of hydrogen-bond donors (Lipinski definition) is 0. The number of hydrogen-bond acceptors (Lipinski definition) is 4. The third kappa shape index (κ3) is 2.97. The molecule has 2 aliphatic rings. The van der Waals surface area contributed by atoms with E-state index in [0.717, 1.165) is 54.5 Å². The minimum absolute atomic E-state index is 0.641. The molecule has 0 aliphatic carbocycles. The monoisotopic (exact) mass is 318 g/mol. The van der Waals surface area contributed by atoms with Crippen LogP contribution in [0, 0.1) is 0 Å². The van der Waals surface area contributed by atoms with Crippen LogP contribution < -0.4 is 0 Å². The molecule has 2 aliphatic heterocycles. The minimum atomic E-state index is 0.641. The van der Waals surface area contributed by atoms with Gasteiger partial charge < -0.3 is 9.80 Å². The summed E-state index contributed by atoms with van der Waals surface area (Å²) < 4.78 is 0. The Kier molecular flexibility index (Phi) is 4.13. The summed E-state index contributed by atoms with van der Waals surface area (Å²) in [6, 6.07) is 18.7. The Morgan fingerprint density at radius 3 is 2.33 bits per heavy atom. The van der Waals surface area contributed by atoms with Crippen LogP contribution in [0.5, 0.6) is 0 Å². The Balaban J connectivity index is 1.72. The molecule has 24 heavy (non-hydrogen) atoms. The first kappa shape index (κ1) is 15.1. The second kappa shape index (κ2) is 6.57. The Hall–Kier alpha value is -2.46. The minimum Gasteiger partial charge on any atom is -0.356 e. The van der Waals surface area contributed by atoms with E-state index in [1.54, 1.807) is 0 Å². The Morgan fingerprint density at radius 1 is 0.833 bits per heavy atom. The third-order valence-corrected chi connectivity index (χ3v) is 4.70. The van der Waals surface area contributed by atoms with Gasteiger partial charge >= 0.3 is 0 Å². The first-order valence-electron chi connectivity index (χ1n) is 8.51. The van der Waals surface area contributed by atoms with Crippen molar-refractivity contribution in [3.63, 3.8) is 0 Å². The average molecular weight is 318 g/mol. The van der Waals surface area contributed by atoms with E-state index < -0.39 is 0 Å². The van der Waals surface area contributed by atoms with Gasteiger partial charge in [-0.25, -0.2) is 4.99 Å². The largest absolute Gasteiger partial charge is 0.356 e. The van der Waals surface area contributed by atoms with Crippen LogP contribution in [0.1, 0.15) is 11.1 Å². The van der Waals surface area contributed by atoms with Crippen molar-refractivity contribution in [2.24, 2.45) is 9.98 Å². The van der Waals surface area contributed by atoms with Gasteiger partial charge in [0, 0.05) is 37.3 Å². The highest BCUT2D eigenvalue weighted by molar-refractivity contribution is 6.17. The molecule has 4 nitrogen and oxygen atoms in total. The molecule has 2 aromatic carbocycles. The Morgan fingerprint density at radius 2 is 1.54 bits per heavy atom. The second-order valence-corrected chi connectivity index (χ2v) is 6.37. The van der Waals surface area contributed by atoms with Crippen LogP contribution in [0.15, 0.2) is 64.6 Å². The van der Waals surface area contributed by atoms with Crippen molar-refractivity contribution in [1.82, 2.24) is 9.80 Å². The first-order chi connectivity index (χ1) is 11.8. The molecule has 0 amide bonds. The van der Waals surface area contributed by atoms with Crippen LogP contribution in [-0.4, -0.2) is 61.1 Å². The third-order valence-electron chi connectivity index (χ3n) is 4.70. The smallest absolute Gasteiger partial charge is 0.127 e. The van der Waals surface area contributed by atoms with E-state index >= 15 is 0 Å². The molecule has 4 rings (SSSR count). The van der Waals surface area contributed by atoms with Crippen molar-refractivity contribution in [1.29, 1.82) is 0 Å². The van der Waals surface area contributed by atoms with Gasteiger partial charge in [0.2, 0.25) is 0 Å². The SMILES string of the molecule is CN1CCN(C2=Nc3ccccc3C(c3ccccc3)=NC2)CC1. The number of benzene rings is 2. The van der Waals surface area contributed by atoms with E-state index in [4.69, 9.17) is 9.98 Å². The van der Waals surface area contributed by atoms with Crippen LogP contribution in [0.25, 0.3) is 0 Å². The van der Waals surface area contributed by atoms with E-state index in [9.17, 15) is 0 Å². The summed E-state index contributed by atoms with van der Waals surface area (Å²) >= 11 is 0. The van der Waals surface area contributed by atoms with Crippen molar-refractivity contribution in [2.75, 3.05) is 39.8 Å². The molecule has 2 heterocycles. The van der Waals surface area contributed by atoms with Crippen LogP contribution in [0.2, 0.25) is 0 Å². The summed E-state index contributed by atoms with van der Waals surface area (Å²) in [5.74, 6) is 1.08. The molecule has 1 saturated heterocycles. The standard InChI is InChI=1S/C20H22N4/c1-23-11-13-24(14-12-23)19-15-21-20(16-7-3-2-4-8-16)17-9-5-6-10-18(17)22-19/h2-10H,11-15H2,1H3. The van der Waals surface area contributed by atoms with E-state index in [1.165, 1.54) is 0 Å². The van der Waals surface area contributed by atoms with Crippen LogP contribution >= 0.6 is 0 Å². The molecule has 122 valence electrons. The lowest BCUT2D eigenvalue weighted by atomic mass is 10.0. The van der Waals surface area contributed by atoms with Gasteiger partial charge in [-0.2, -0.15) is 0 Å². The van der Waals surface area contributed by atoms with Crippen molar-refractivity contribution >= 4 is 17.2 Å². The van der Waals surface area contributed by atoms with Crippen molar-refractivity contribution in [3.8, 4) is 0 Å². The quantitative estimate of drug-likeness (QED) is 0.809. The number of para-hydroxylation sites is 1. The molecule has 0 spiro atoms. The topological polar surface area (TPSA) is 31.2 Å². The summed E-state index contributed by atoms with van der Waals surface area (Å²) in [7, 11) is 2.17. The van der Waals surface area contributed by atoms with E-state index in [-0.39, 0.29) is 0 Å². The number of amidine groups is 1. The molecule has 0 saturated carbocycles. The summed E-state index contributed by atoms with van der Waals surface area (Å²) in [6.45, 7) is 4.84. The number of rotatable bonds is 1. The fourth-order valence-electron chi connectivity index (χ4n) is 3.26. The maximum absolute atomic E-state index is 4.97. The molecule has 4 heteroatoms. The van der Waals surface area contributed by atoms with Gasteiger partial charge in [-0.3, -0.25) is 4.99 Å². The van der Waals surface area contributed by atoms with Crippen LogP contribution in [0.4, 0.5) is 5.69 Å². The number of aliphatic imine (C=N–C) groups is 2. The van der Waals surface area contributed by atoms with Gasteiger partial charge in [0.25, 0.3) is 0 Å². The molecule has 0 bridgehead atoms. The van der Waals surface area contributed by atoms with Crippen molar-refractivity contribution in [3.05, 3.63) is 65.7 Å². The summed E-state index contributed by atoms with van der Waals surface area (Å²) in [4.78, 5) is 14.7. The zero-order valence-electron chi connectivity index (χ0n) is 14.0. The Bertz CT molecular complexity index is 771. The predicted octanol–water partition coefficient (Wildman–Crippen LogP) is 2.82. The maximum atomic E-state index is 4.97. The number of piperazine rings is 1. The second-order valence-electron chi connectivity index (χ2n) is 6.37. The lowest BCUT2D eigenvalue weighted by Crippen LogP contribution is -2.47. The van der Waals surface area contributed by atoms with Crippen molar-refractivity contribution < 1.29 is 0 Å². The zero-order valence-corrected chi connectivity index (χ0v) is 14.0. The van der Waals surface area contributed by atoms with Crippen molar-refractivity contribution in [2.45, 2.75) is 0 Å². The summed E-state index contributed by atoms with van der Waals surface area (Å²) in [5, 5.41) is 0. The van der Waals surface area contributed by atoms with E-state index in [1.807, 2.05) is 6.07 Å². The summed E-state index contributed by atoms with van der Waals surface area (Å²) in [6.07, 6.45) is 0. The zero-order chi connectivity index (χ0) is 16.4. The first-order valence-corrected chi connectivity index (χ1v) is 8.51. The van der Waals surface area contributed by atoms with E-state index in [2.05, 4.69) is 65.4 Å². The fraction of sp³-hybridized carbons (Fsp3) is 0.300. The van der Waals surface area contributed by atoms with Gasteiger partial charge in [0.15, 0.2) is 0 Å². The highest BCUT2D eigenvalue weighted by Crippen LogP contribution is 2.26. The van der Waals surface area contributed by atoms with Gasteiger partial charge in [0.05, 0.1) is 17.9 Å². The van der Waals surface area contributed by atoms with Gasteiger partial charge in [-0.15, -0.1) is 0 Å². The normalized spacial score (nSPS) is 18.5. The molecule has 1 fully saturated rings. The number of fused-ring (bicyclic) bond motifs is 1. The molecule has 0 aromatic heterocycles. The maximum Gasteiger partial charge on any atom is 0.127 e. The Labute approximate surface area is 143 Å². The lowest BCUT2D eigenvalue weighted by Gasteiger charge is -2.34. The lowest BCUT2D eigenvalue weighted by molar-refractivity contribution is 0.214. The molecular weight excluding hydrogens is 296 g/mol. The highest BCUT2D eigenvalue weighted by Gasteiger charge is 2.21. The summed E-state index contributed by atoms with van der Waals surface area (Å²) in [5.41, 5.74) is 4.33. The van der Waals surface area contributed by atoms with Gasteiger partial charge in [0.1, 0.15) is 5.84 Å². The number of nitrogens with zero attached hydrogens (tertiary/aromatic N) is 4. The van der Waals surface area contributed by atoms with Crippen LogP contribution in [-0.2, 0) is 0 Å². The molecule has 0 radical (unpaired) electrons. The molecule has 0 unspecified atom stereocenters. The number of likely N-dealkylation sites (N-methyl/N-ethyl adjacent to an activating group) is 1. The molecular formula is C20H22N4. The van der Waals surface area contributed by atoms with Gasteiger partial charge in [-0.05, 0) is 13.1 Å². The highest BCUT2D eigenvalue weighted by atomic mass is 15.3.